The fourth-order valence-corrected chi connectivity index (χ4v) is 1.39. The molecule has 0 aliphatic rings. The van der Waals surface area contributed by atoms with Gasteiger partial charge in [-0.1, -0.05) is 23.7 Å². The van der Waals surface area contributed by atoms with Gasteiger partial charge in [-0.2, -0.15) is 0 Å². The molecule has 3 N–H and O–H groups in total. The Kier molecular flexibility index (Phi) is 3.83. The van der Waals surface area contributed by atoms with Crippen molar-refractivity contribution >= 4 is 17.6 Å². The van der Waals surface area contributed by atoms with Gasteiger partial charge in [-0.3, -0.25) is 4.79 Å². The second kappa shape index (κ2) is 4.76. The van der Waals surface area contributed by atoms with Crippen LogP contribution in [0.2, 0.25) is 5.02 Å². The second-order valence-corrected chi connectivity index (χ2v) is 3.80. The fraction of sp³-hybridized carbons (Fsp3) is 0.300. The summed E-state index contributed by atoms with van der Waals surface area (Å²) < 4.78 is 27.1. The number of rotatable bonds is 4. The maximum Gasteiger partial charge on any atom is 0.320 e. The van der Waals surface area contributed by atoms with E-state index in [-0.39, 0.29) is 10.6 Å². The average Bonchev–Trinajstić information content (AvgIpc) is 2.17. The van der Waals surface area contributed by atoms with Crippen LogP contribution in [-0.2, 0) is 10.7 Å². The van der Waals surface area contributed by atoms with Crippen molar-refractivity contribution in [2.45, 2.75) is 18.4 Å². The molecular formula is C10H10ClF2NO2. The summed E-state index contributed by atoms with van der Waals surface area (Å²) >= 11 is 5.57. The van der Waals surface area contributed by atoms with Gasteiger partial charge >= 0.3 is 5.97 Å². The largest absolute Gasteiger partial charge is 0.480 e. The molecule has 0 bridgehead atoms. The number of benzene rings is 1. The third kappa shape index (κ3) is 3.15. The summed E-state index contributed by atoms with van der Waals surface area (Å²) in [6, 6.07) is 3.50. The predicted molar refractivity (Wildman–Crippen MR) is 55.6 cm³/mol. The Morgan fingerprint density at radius 3 is 2.69 bits per heavy atom. The quantitative estimate of drug-likeness (QED) is 0.860. The van der Waals surface area contributed by atoms with Crippen molar-refractivity contribution in [1.29, 1.82) is 0 Å². The summed E-state index contributed by atoms with van der Waals surface area (Å²) in [6.45, 7) is 0. The van der Waals surface area contributed by atoms with Crippen molar-refractivity contribution in [3.63, 3.8) is 0 Å². The molecule has 0 saturated heterocycles. The predicted octanol–water partition coefficient (Wildman–Crippen LogP) is 2.23. The van der Waals surface area contributed by atoms with Crippen molar-refractivity contribution < 1.29 is 18.7 Å². The standard InChI is InChI=1S/C10H10ClF2NO2/c11-7-3-1-2-6(4-7)10(12,13)5-8(14)9(15)16/h1-4,8H,5,14H2,(H,15,16). The van der Waals surface area contributed by atoms with Crippen molar-refractivity contribution in [3.8, 4) is 0 Å². The van der Waals surface area contributed by atoms with Crippen LogP contribution >= 0.6 is 11.6 Å². The van der Waals surface area contributed by atoms with Crippen LogP contribution in [0.25, 0.3) is 0 Å². The summed E-state index contributed by atoms with van der Waals surface area (Å²) in [6.07, 6.45) is -0.956. The molecule has 0 aromatic heterocycles. The molecule has 3 nitrogen and oxygen atoms in total. The second-order valence-electron chi connectivity index (χ2n) is 3.36. The number of aliphatic carboxylic acids is 1. The Morgan fingerprint density at radius 2 is 2.19 bits per heavy atom. The zero-order valence-electron chi connectivity index (χ0n) is 8.16. The molecule has 1 atom stereocenters. The summed E-state index contributed by atoms with van der Waals surface area (Å²) in [5, 5.41) is 8.63. The van der Waals surface area contributed by atoms with E-state index in [9.17, 15) is 13.6 Å². The van der Waals surface area contributed by atoms with E-state index >= 15 is 0 Å². The fourth-order valence-electron chi connectivity index (χ4n) is 1.20. The molecule has 0 amide bonds. The summed E-state index contributed by atoms with van der Waals surface area (Å²) in [4.78, 5) is 10.4. The number of hydrogen-bond donors (Lipinski definition) is 2. The van der Waals surface area contributed by atoms with Crippen molar-refractivity contribution in [2.24, 2.45) is 5.73 Å². The molecule has 0 fully saturated rings. The lowest BCUT2D eigenvalue weighted by Gasteiger charge is -2.18. The van der Waals surface area contributed by atoms with E-state index in [0.29, 0.717) is 0 Å². The van der Waals surface area contributed by atoms with Gasteiger partial charge in [0, 0.05) is 17.0 Å². The lowest BCUT2D eigenvalue weighted by Crippen LogP contribution is -2.35. The van der Waals surface area contributed by atoms with E-state index in [0.717, 1.165) is 6.07 Å². The molecule has 0 spiro atoms. The Hall–Kier alpha value is -1.20. The van der Waals surface area contributed by atoms with Crippen molar-refractivity contribution in [3.05, 3.63) is 34.9 Å². The first-order valence-corrected chi connectivity index (χ1v) is 4.83. The summed E-state index contributed by atoms with van der Waals surface area (Å²) in [5.74, 6) is -4.76. The van der Waals surface area contributed by atoms with Gasteiger partial charge in [0.1, 0.15) is 6.04 Å². The van der Waals surface area contributed by atoms with Crippen LogP contribution in [0.1, 0.15) is 12.0 Å². The van der Waals surface area contributed by atoms with Gasteiger partial charge in [0.2, 0.25) is 0 Å². The van der Waals surface area contributed by atoms with E-state index in [1.165, 1.54) is 18.2 Å². The first-order chi connectivity index (χ1) is 7.33. The van der Waals surface area contributed by atoms with Crippen LogP contribution in [-0.4, -0.2) is 17.1 Å². The molecule has 0 aliphatic carbocycles. The number of halogens is 3. The van der Waals surface area contributed by atoms with Crippen molar-refractivity contribution in [2.75, 3.05) is 0 Å². The molecule has 1 aromatic rings. The van der Waals surface area contributed by atoms with Crippen molar-refractivity contribution in [1.82, 2.24) is 0 Å². The van der Waals surface area contributed by atoms with Gasteiger partial charge in [0.25, 0.3) is 5.92 Å². The molecule has 1 unspecified atom stereocenters. The summed E-state index contributed by atoms with van der Waals surface area (Å²) in [5.41, 5.74) is 4.73. The number of nitrogens with two attached hydrogens (primary N) is 1. The monoisotopic (exact) mass is 249 g/mol. The van der Waals surface area contributed by atoms with Crippen LogP contribution in [0.5, 0.6) is 0 Å². The Labute approximate surface area is 95.8 Å². The number of alkyl halides is 2. The van der Waals surface area contributed by atoms with E-state index in [2.05, 4.69) is 0 Å². The topological polar surface area (TPSA) is 63.3 Å². The maximum atomic E-state index is 13.5. The van der Waals surface area contributed by atoms with E-state index in [1.54, 1.807) is 0 Å². The molecule has 0 radical (unpaired) electrons. The van der Waals surface area contributed by atoms with Gasteiger partial charge in [0.15, 0.2) is 0 Å². The molecule has 6 heteroatoms. The Bertz CT molecular complexity index is 398. The Balaban J connectivity index is 2.89. The van der Waals surface area contributed by atoms with Crippen LogP contribution < -0.4 is 5.73 Å². The molecule has 1 aromatic carbocycles. The van der Waals surface area contributed by atoms with Gasteiger partial charge in [-0.15, -0.1) is 0 Å². The molecule has 0 heterocycles. The SMILES string of the molecule is NC(CC(F)(F)c1cccc(Cl)c1)C(=O)O. The molecule has 0 aliphatic heterocycles. The normalized spacial score (nSPS) is 13.5. The lowest BCUT2D eigenvalue weighted by atomic mass is 10.0. The minimum Gasteiger partial charge on any atom is -0.480 e. The average molecular weight is 250 g/mol. The first-order valence-electron chi connectivity index (χ1n) is 4.45. The lowest BCUT2D eigenvalue weighted by molar-refractivity contribution is -0.141. The first kappa shape index (κ1) is 12.9. The van der Waals surface area contributed by atoms with Crippen LogP contribution in [0.3, 0.4) is 0 Å². The van der Waals surface area contributed by atoms with E-state index in [1.807, 2.05) is 0 Å². The van der Waals surface area contributed by atoms with Gasteiger partial charge in [-0.05, 0) is 12.1 Å². The van der Waals surface area contributed by atoms with E-state index < -0.39 is 24.4 Å². The molecule has 0 saturated carbocycles. The van der Waals surface area contributed by atoms with Crippen LogP contribution in [0, 0.1) is 0 Å². The number of carboxylic acid groups (broad SMARTS) is 1. The highest BCUT2D eigenvalue weighted by atomic mass is 35.5. The highest BCUT2D eigenvalue weighted by Gasteiger charge is 2.36. The highest BCUT2D eigenvalue weighted by molar-refractivity contribution is 6.30. The minimum atomic E-state index is -3.30. The summed E-state index contributed by atoms with van der Waals surface area (Å²) in [7, 11) is 0. The molecular weight excluding hydrogens is 240 g/mol. The number of carboxylic acids is 1. The zero-order chi connectivity index (χ0) is 12.3. The minimum absolute atomic E-state index is 0.168. The third-order valence-electron chi connectivity index (χ3n) is 2.04. The number of hydrogen-bond acceptors (Lipinski definition) is 2. The van der Waals surface area contributed by atoms with Gasteiger partial charge < -0.3 is 10.8 Å². The molecule has 1 rings (SSSR count). The Morgan fingerprint density at radius 1 is 1.56 bits per heavy atom. The van der Waals surface area contributed by atoms with Crippen LogP contribution in [0.15, 0.2) is 24.3 Å². The highest BCUT2D eigenvalue weighted by Crippen LogP contribution is 2.33. The van der Waals surface area contributed by atoms with Crippen LogP contribution in [0.4, 0.5) is 8.78 Å². The number of carbonyl (C=O) groups is 1. The zero-order valence-corrected chi connectivity index (χ0v) is 8.92. The van der Waals surface area contributed by atoms with Gasteiger partial charge in [0.05, 0.1) is 0 Å². The smallest absolute Gasteiger partial charge is 0.320 e. The molecule has 16 heavy (non-hydrogen) atoms. The molecule has 88 valence electrons. The maximum absolute atomic E-state index is 13.5. The van der Waals surface area contributed by atoms with E-state index in [4.69, 9.17) is 22.4 Å². The third-order valence-corrected chi connectivity index (χ3v) is 2.28. The van der Waals surface area contributed by atoms with Gasteiger partial charge in [-0.25, -0.2) is 8.78 Å².